The van der Waals surface area contributed by atoms with Crippen molar-refractivity contribution in [1.82, 2.24) is 19.7 Å². The van der Waals surface area contributed by atoms with Crippen LogP contribution in [0, 0.1) is 0 Å². The second-order valence-corrected chi connectivity index (χ2v) is 10.4. The molecule has 0 aliphatic carbocycles. The summed E-state index contributed by atoms with van der Waals surface area (Å²) in [5.41, 5.74) is 1.71. The van der Waals surface area contributed by atoms with Crippen LogP contribution in [0.2, 0.25) is 15.1 Å². The number of nitrogens with one attached hydrogen (secondary N) is 1. The van der Waals surface area contributed by atoms with Gasteiger partial charge in [-0.2, -0.15) is 0 Å². The van der Waals surface area contributed by atoms with Crippen molar-refractivity contribution in [3.8, 4) is 17.0 Å². The van der Waals surface area contributed by atoms with Crippen LogP contribution in [0.4, 0.5) is 5.13 Å². The molecule has 2 aromatic heterocycles. The number of benzene rings is 2. The lowest BCUT2D eigenvalue weighted by Gasteiger charge is -2.16. The van der Waals surface area contributed by atoms with Gasteiger partial charge in [0, 0.05) is 33.6 Å². The maximum Gasteiger partial charge on any atom is 0.236 e. The predicted molar refractivity (Wildman–Crippen MR) is 143 cm³/mol. The monoisotopic (exact) mass is 567 g/mol. The van der Waals surface area contributed by atoms with Crippen LogP contribution in [0.3, 0.4) is 0 Å². The van der Waals surface area contributed by atoms with Crippen LogP contribution in [0.1, 0.15) is 25.8 Å². The molecule has 7 nitrogen and oxygen atoms in total. The van der Waals surface area contributed by atoms with Crippen LogP contribution in [-0.2, 0) is 11.3 Å². The molecule has 12 heteroatoms. The van der Waals surface area contributed by atoms with E-state index < -0.39 is 6.10 Å². The van der Waals surface area contributed by atoms with E-state index in [1.807, 2.05) is 35.9 Å². The van der Waals surface area contributed by atoms with E-state index in [9.17, 15) is 4.79 Å². The topological polar surface area (TPSA) is 81.9 Å². The molecule has 0 saturated heterocycles. The molecule has 1 N–H and O–H groups in total. The first-order chi connectivity index (χ1) is 16.8. The molecule has 1 atom stereocenters. The third-order valence-corrected chi connectivity index (χ3v) is 7.37. The van der Waals surface area contributed by atoms with Gasteiger partial charge in [0.05, 0.1) is 16.5 Å². The number of aromatic nitrogens is 4. The predicted octanol–water partition coefficient (Wildman–Crippen LogP) is 7.25. The Balaban J connectivity index is 1.37. The summed E-state index contributed by atoms with van der Waals surface area (Å²) in [6, 6.07) is 12.4. The number of carbonyl (C=O) groups excluding carboxylic acids is 1. The standard InChI is InChI=1S/C23H20Cl3N5O2S2/c1-3-31-21(13(2)33-19-10-16(25)8-9-17(19)26)29-30-23(31)35-12-20(32)28-22-27-18(11-34-22)14-4-6-15(24)7-5-14/h4-11,13H,3,12H2,1-2H3,(H,27,28,32). The van der Waals surface area contributed by atoms with Gasteiger partial charge in [0.2, 0.25) is 5.91 Å². The average Bonchev–Trinajstić information content (AvgIpc) is 3.47. The molecule has 182 valence electrons. The van der Waals surface area contributed by atoms with E-state index in [1.165, 1.54) is 23.1 Å². The number of ether oxygens (including phenoxy) is 1. The van der Waals surface area contributed by atoms with Crippen LogP contribution < -0.4 is 10.1 Å². The third kappa shape index (κ3) is 6.48. The first-order valence-electron chi connectivity index (χ1n) is 10.5. The molecular weight excluding hydrogens is 549 g/mol. The number of thioether (sulfide) groups is 1. The zero-order chi connectivity index (χ0) is 24.9. The fourth-order valence-electron chi connectivity index (χ4n) is 3.19. The van der Waals surface area contributed by atoms with Gasteiger partial charge in [-0.1, -0.05) is 58.7 Å². The molecule has 0 fully saturated rings. The Morgan fingerprint density at radius 1 is 1.14 bits per heavy atom. The minimum Gasteiger partial charge on any atom is -0.481 e. The van der Waals surface area contributed by atoms with E-state index >= 15 is 0 Å². The van der Waals surface area contributed by atoms with Crippen LogP contribution in [-0.4, -0.2) is 31.4 Å². The average molecular weight is 569 g/mol. The summed E-state index contributed by atoms with van der Waals surface area (Å²) < 4.78 is 7.88. The van der Waals surface area contributed by atoms with Gasteiger partial charge in [0.15, 0.2) is 22.2 Å². The van der Waals surface area contributed by atoms with Gasteiger partial charge >= 0.3 is 0 Å². The highest BCUT2D eigenvalue weighted by Gasteiger charge is 2.20. The number of carbonyl (C=O) groups is 1. The van der Waals surface area contributed by atoms with E-state index in [-0.39, 0.29) is 11.7 Å². The summed E-state index contributed by atoms with van der Waals surface area (Å²) in [5, 5.41) is 16.0. The highest BCUT2D eigenvalue weighted by molar-refractivity contribution is 7.99. The third-order valence-electron chi connectivity index (χ3n) is 4.85. The van der Waals surface area contributed by atoms with Crippen molar-refractivity contribution in [3.63, 3.8) is 0 Å². The molecule has 0 aliphatic rings. The molecule has 0 bridgehead atoms. The SMILES string of the molecule is CCn1c(SCC(=O)Nc2nc(-c3ccc(Cl)cc3)cs2)nnc1C(C)Oc1cc(Cl)ccc1Cl. The Hall–Kier alpha value is -2.30. The van der Waals surface area contributed by atoms with Crippen LogP contribution in [0.25, 0.3) is 11.3 Å². The molecule has 0 spiro atoms. The summed E-state index contributed by atoms with van der Waals surface area (Å²) in [4.78, 5) is 17.0. The molecule has 2 heterocycles. The van der Waals surface area contributed by atoms with Crippen LogP contribution >= 0.6 is 57.9 Å². The van der Waals surface area contributed by atoms with Gasteiger partial charge in [-0.25, -0.2) is 4.98 Å². The van der Waals surface area contributed by atoms with Crippen molar-refractivity contribution in [3.05, 3.63) is 68.7 Å². The van der Waals surface area contributed by atoms with Crippen LogP contribution in [0.5, 0.6) is 5.75 Å². The minimum atomic E-state index is -0.428. The van der Waals surface area contributed by atoms with Crippen molar-refractivity contribution in [2.75, 3.05) is 11.1 Å². The number of anilines is 1. The zero-order valence-corrected chi connectivity index (χ0v) is 22.6. The van der Waals surface area contributed by atoms with Gasteiger partial charge in [-0.05, 0) is 38.1 Å². The summed E-state index contributed by atoms with van der Waals surface area (Å²) in [5.74, 6) is 1.06. The lowest BCUT2D eigenvalue weighted by atomic mass is 10.2. The van der Waals surface area contributed by atoms with Crippen molar-refractivity contribution < 1.29 is 9.53 Å². The first kappa shape index (κ1) is 25.8. The van der Waals surface area contributed by atoms with Crippen molar-refractivity contribution in [2.24, 2.45) is 0 Å². The van der Waals surface area contributed by atoms with Crippen molar-refractivity contribution >= 4 is 68.9 Å². The van der Waals surface area contributed by atoms with Gasteiger partial charge in [-0.3, -0.25) is 4.79 Å². The van der Waals surface area contributed by atoms with Gasteiger partial charge in [0.1, 0.15) is 5.75 Å². The lowest BCUT2D eigenvalue weighted by Crippen LogP contribution is -2.15. The number of halogens is 3. The number of hydrogen-bond donors (Lipinski definition) is 1. The summed E-state index contributed by atoms with van der Waals surface area (Å²) >= 11 is 20.9. The van der Waals surface area contributed by atoms with Gasteiger partial charge in [0.25, 0.3) is 0 Å². The molecule has 4 rings (SSSR count). The second kappa shape index (κ2) is 11.6. The minimum absolute atomic E-state index is 0.156. The fraction of sp³-hybridized carbons (Fsp3) is 0.217. The quantitative estimate of drug-likeness (QED) is 0.214. The first-order valence-corrected chi connectivity index (χ1v) is 13.5. The Labute approximate surface area is 225 Å². The number of hydrogen-bond acceptors (Lipinski definition) is 7. The normalized spacial score (nSPS) is 11.9. The summed E-state index contributed by atoms with van der Waals surface area (Å²) in [6.45, 7) is 4.44. The number of rotatable bonds is 9. The van der Waals surface area contributed by atoms with Gasteiger partial charge < -0.3 is 14.6 Å². The van der Waals surface area contributed by atoms with E-state index in [1.54, 1.807) is 30.3 Å². The molecule has 0 radical (unpaired) electrons. The number of nitrogens with zero attached hydrogens (tertiary/aromatic N) is 4. The Morgan fingerprint density at radius 3 is 2.63 bits per heavy atom. The Kier molecular flexibility index (Phi) is 8.56. The van der Waals surface area contributed by atoms with E-state index in [0.29, 0.717) is 43.5 Å². The van der Waals surface area contributed by atoms with E-state index in [2.05, 4.69) is 20.5 Å². The van der Waals surface area contributed by atoms with E-state index in [4.69, 9.17) is 39.5 Å². The Bertz CT molecular complexity index is 1330. The Morgan fingerprint density at radius 2 is 1.89 bits per heavy atom. The zero-order valence-electron chi connectivity index (χ0n) is 18.7. The maximum atomic E-state index is 12.5. The fourth-order valence-corrected chi connectivity index (χ4v) is 5.18. The highest BCUT2D eigenvalue weighted by atomic mass is 35.5. The summed E-state index contributed by atoms with van der Waals surface area (Å²) in [7, 11) is 0. The molecule has 1 unspecified atom stereocenters. The lowest BCUT2D eigenvalue weighted by molar-refractivity contribution is -0.113. The largest absolute Gasteiger partial charge is 0.481 e. The second-order valence-electron chi connectivity index (χ2n) is 7.30. The molecule has 0 saturated carbocycles. The molecule has 35 heavy (non-hydrogen) atoms. The molecule has 1 amide bonds. The molecule has 2 aromatic carbocycles. The molecule has 0 aliphatic heterocycles. The van der Waals surface area contributed by atoms with Crippen LogP contribution in [0.15, 0.2) is 53.0 Å². The smallest absolute Gasteiger partial charge is 0.236 e. The highest BCUT2D eigenvalue weighted by Crippen LogP contribution is 2.32. The van der Waals surface area contributed by atoms with Gasteiger partial charge in [-0.15, -0.1) is 21.5 Å². The van der Waals surface area contributed by atoms with E-state index in [0.717, 1.165) is 11.3 Å². The molecule has 4 aromatic rings. The maximum absolute atomic E-state index is 12.5. The summed E-state index contributed by atoms with van der Waals surface area (Å²) in [6.07, 6.45) is -0.428. The van der Waals surface area contributed by atoms with Crippen molar-refractivity contribution in [1.29, 1.82) is 0 Å². The number of amides is 1. The molecular formula is C23H20Cl3N5O2S2. The number of thiazole rings is 1. The van der Waals surface area contributed by atoms with Crippen molar-refractivity contribution in [2.45, 2.75) is 31.7 Å².